The lowest BCUT2D eigenvalue weighted by molar-refractivity contribution is 0.497. The van der Waals surface area contributed by atoms with Crippen molar-refractivity contribution < 1.29 is 8.60 Å². The van der Waals surface area contributed by atoms with Gasteiger partial charge in [-0.15, -0.1) is 0 Å². The van der Waals surface area contributed by atoms with Gasteiger partial charge >= 0.3 is 0 Å². The molecular weight excluding hydrogens is 225 g/mol. The van der Waals surface area contributed by atoms with E-state index in [-0.39, 0.29) is 11.9 Å². The van der Waals surface area contributed by atoms with E-state index in [1.165, 1.54) is 6.07 Å². The predicted octanol–water partition coefficient (Wildman–Crippen LogP) is 1.85. The predicted molar refractivity (Wildman–Crippen MR) is 64.2 cm³/mol. The highest BCUT2D eigenvalue weighted by atomic mass is 32.2. The maximum absolute atomic E-state index is 13.6. The van der Waals surface area contributed by atoms with Crippen LogP contribution in [-0.2, 0) is 10.8 Å². The highest BCUT2D eigenvalue weighted by Gasteiger charge is 2.23. The lowest BCUT2D eigenvalue weighted by Crippen LogP contribution is -2.26. The Hall–Kier alpha value is -0.740. The summed E-state index contributed by atoms with van der Waals surface area (Å²) in [6.45, 7) is 2.86. The van der Waals surface area contributed by atoms with Gasteiger partial charge in [-0.1, -0.05) is 25.1 Å². The maximum atomic E-state index is 13.6. The molecule has 0 aliphatic carbocycles. The molecule has 1 aromatic rings. The highest BCUT2D eigenvalue weighted by molar-refractivity contribution is 7.85. The molecule has 1 fully saturated rings. The number of benzene rings is 1. The average Bonchev–Trinajstić information content (AvgIpc) is 2.40. The minimum absolute atomic E-state index is 0.119. The summed E-state index contributed by atoms with van der Waals surface area (Å²) in [5.74, 6) is 1.38. The van der Waals surface area contributed by atoms with Crippen molar-refractivity contribution in [3.8, 4) is 0 Å². The quantitative estimate of drug-likeness (QED) is 0.813. The van der Waals surface area contributed by atoms with Crippen LogP contribution in [0, 0.1) is 11.7 Å². The zero-order valence-corrected chi connectivity index (χ0v) is 10.1. The van der Waals surface area contributed by atoms with E-state index < -0.39 is 10.8 Å². The second-order valence-electron chi connectivity index (χ2n) is 4.36. The average molecular weight is 241 g/mol. The molecule has 1 saturated heterocycles. The zero-order valence-electron chi connectivity index (χ0n) is 9.28. The number of hydrogen-bond acceptors (Lipinski definition) is 2. The first kappa shape index (κ1) is 11.7. The van der Waals surface area contributed by atoms with E-state index in [2.05, 4.69) is 12.2 Å². The van der Waals surface area contributed by atoms with E-state index in [0.29, 0.717) is 23.0 Å². The second kappa shape index (κ2) is 5.06. The molecule has 1 aromatic carbocycles. The molecule has 1 N–H and O–H groups in total. The van der Waals surface area contributed by atoms with Crippen LogP contribution >= 0.6 is 0 Å². The van der Waals surface area contributed by atoms with Gasteiger partial charge in [0.05, 0.1) is 0 Å². The van der Waals surface area contributed by atoms with Crippen molar-refractivity contribution in [2.24, 2.45) is 5.92 Å². The number of rotatable bonds is 1. The summed E-state index contributed by atoms with van der Waals surface area (Å²) in [6, 6.07) is 6.59. The van der Waals surface area contributed by atoms with Gasteiger partial charge in [0, 0.05) is 33.9 Å². The van der Waals surface area contributed by atoms with Crippen molar-refractivity contribution in [2.75, 3.05) is 18.1 Å². The molecule has 3 atom stereocenters. The molecule has 2 nitrogen and oxygen atoms in total. The van der Waals surface area contributed by atoms with Gasteiger partial charge in [0.1, 0.15) is 5.82 Å². The molecule has 1 aliphatic rings. The Morgan fingerprint density at radius 3 is 2.88 bits per heavy atom. The van der Waals surface area contributed by atoms with Gasteiger partial charge in [-0.25, -0.2) is 4.39 Å². The molecule has 3 unspecified atom stereocenters. The van der Waals surface area contributed by atoms with Crippen LogP contribution in [0.25, 0.3) is 0 Å². The van der Waals surface area contributed by atoms with E-state index in [1.54, 1.807) is 12.1 Å². The molecule has 0 amide bonds. The van der Waals surface area contributed by atoms with Gasteiger partial charge in [-0.2, -0.15) is 0 Å². The highest BCUT2D eigenvalue weighted by Crippen LogP contribution is 2.20. The zero-order chi connectivity index (χ0) is 11.5. The van der Waals surface area contributed by atoms with E-state index in [1.807, 2.05) is 6.07 Å². The Bertz CT molecular complexity index is 396. The fourth-order valence-electron chi connectivity index (χ4n) is 1.99. The molecule has 0 spiro atoms. The van der Waals surface area contributed by atoms with Crippen molar-refractivity contribution in [1.29, 1.82) is 0 Å². The Kier molecular flexibility index (Phi) is 3.71. The summed E-state index contributed by atoms with van der Waals surface area (Å²) in [7, 11) is -0.856. The molecule has 16 heavy (non-hydrogen) atoms. The molecule has 88 valence electrons. The summed E-state index contributed by atoms with van der Waals surface area (Å²) in [6.07, 6.45) is 0. The number of hydrogen-bond donors (Lipinski definition) is 1. The maximum Gasteiger partial charge on any atom is 0.128 e. The fourth-order valence-corrected chi connectivity index (χ4v) is 3.55. The van der Waals surface area contributed by atoms with E-state index in [9.17, 15) is 8.60 Å². The molecule has 2 rings (SSSR count). The van der Waals surface area contributed by atoms with Gasteiger partial charge in [0.25, 0.3) is 0 Å². The number of halogens is 1. The first-order chi connectivity index (χ1) is 7.66. The minimum atomic E-state index is -0.856. The first-order valence-electron chi connectivity index (χ1n) is 5.49. The smallest absolute Gasteiger partial charge is 0.128 e. The Balaban J connectivity index is 2.21. The first-order valence-corrected chi connectivity index (χ1v) is 6.98. The Labute approximate surface area is 97.7 Å². The van der Waals surface area contributed by atoms with E-state index in [0.717, 1.165) is 6.54 Å². The van der Waals surface area contributed by atoms with Crippen LogP contribution in [0.3, 0.4) is 0 Å². The third kappa shape index (κ3) is 2.68. The Morgan fingerprint density at radius 1 is 1.38 bits per heavy atom. The van der Waals surface area contributed by atoms with Crippen molar-refractivity contribution in [2.45, 2.75) is 13.0 Å². The fraction of sp³-hybridized carbons (Fsp3) is 0.500. The minimum Gasteiger partial charge on any atom is -0.309 e. The lowest BCUT2D eigenvalue weighted by atomic mass is 10.1. The number of nitrogens with one attached hydrogen (secondary N) is 1. The summed E-state index contributed by atoms with van der Waals surface area (Å²) < 4.78 is 25.3. The van der Waals surface area contributed by atoms with Crippen LogP contribution < -0.4 is 5.32 Å². The van der Waals surface area contributed by atoms with Crippen LogP contribution in [-0.4, -0.2) is 22.3 Å². The third-order valence-electron chi connectivity index (χ3n) is 2.82. The van der Waals surface area contributed by atoms with Crippen LogP contribution in [0.15, 0.2) is 24.3 Å². The van der Waals surface area contributed by atoms with Crippen molar-refractivity contribution in [1.82, 2.24) is 5.32 Å². The summed E-state index contributed by atoms with van der Waals surface area (Å²) >= 11 is 0. The Morgan fingerprint density at radius 2 is 2.12 bits per heavy atom. The molecule has 0 aromatic heterocycles. The van der Waals surface area contributed by atoms with Crippen molar-refractivity contribution in [3.63, 3.8) is 0 Å². The normalized spacial score (nSPS) is 31.0. The standard InChI is InChI=1S/C12H16FNOS/c1-9-6-14-12(8-16(15)7-9)10-4-2-3-5-11(10)13/h2-5,9,12,14H,6-8H2,1H3. The SMILES string of the molecule is CC1CNC(c2ccccc2F)CS(=O)C1. The van der Waals surface area contributed by atoms with Gasteiger partial charge in [-0.05, 0) is 18.5 Å². The van der Waals surface area contributed by atoms with Crippen molar-refractivity contribution >= 4 is 10.8 Å². The van der Waals surface area contributed by atoms with E-state index >= 15 is 0 Å². The van der Waals surface area contributed by atoms with Gasteiger partial charge in [0.2, 0.25) is 0 Å². The summed E-state index contributed by atoms with van der Waals surface area (Å²) in [4.78, 5) is 0. The molecule has 0 saturated carbocycles. The third-order valence-corrected chi connectivity index (χ3v) is 4.46. The largest absolute Gasteiger partial charge is 0.309 e. The van der Waals surface area contributed by atoms with Crippen LogP contribution in [0.4, 0.5) is 4.39 Å². The van der Waals surface area contributed by atoms with Crippen LogP contribution in [0.5, 0.6) is 0 Å². The summed E-state index contributed by atoms with van der Waals surface area (Å²) in [5.41, 5.74) is 0.630. The van der Waals surface area contributed by atoms with E-state index in [4.69, 9.17) is 0 Å². The molecule has 1 heterocycles. The molecule has 0 radical (unpaired) electrons. The summed E-state index contributed by atoms with van der Waals surface area (Å²) in [5, 5.41) is 3.29. The molecule has 0 bridgehead atoms. The lowest BCUT2D eigenvalue weighted by Gasteiger charge is -2.16. The van der Waals surface area contributed by atoms with Gasteiger partial charge < -0.3 is 5.32 Å². The second-order valence-corrected chi connectivity index (χ2v) is 5.91. The molecular formula is C12H16FNOS. The van der Waals surface area contributed by atoms with Crippen LogP contribution in [0.1, 0.15) is 18.5 Å². The van der Waals surface area contributed by atoms with Crippen LogP contribution in [0.2, 0.25) is 0 Å². The molecule has 4 heteroatoms. The molecule has 1 aliphatic heterocycles. The topological polar surface area (TPSA) is 29.1 Å². The van der Waals surface area contributed by atoms with Crippen molar-refractivity contribution in [3.05, 3.63) is 35.6 Å². The monoisotopic (exact) mass is 241 g/mol. The van der Waals surface area contributed by atoms with Gasteiger partial charge in [0.15, 0.2) is 0 Å². The van der Waals surface area contributed by atoms with Gasteiger partial charge in [-0.3, -0.25) is 4.21 Å².